The minimum absolute atomic E-state index is 0.0528. The second-order valence-electron chi connectivity index (χ2n) is 9.20. The third-order valence-corrected chi connectivity index (χ3v) is 6.54. The van der Waals surface area contributed by atoms with Crippen LogP contribution in [0.2, 0.25) is 0 Å². The predicted molar refractivity (Wildman–Crippen MR) is 122 cm³/mol. The molecule has 1 aliphatic carbocycles. The summed E-state index contributed by atoms with van der Waals surface area (Å²) in [7, 11) is 1.72. The zero-order valence-electron chi connectivity index (χ0n) is 18.8. The average molecular weight is 401 g/mol. The van der Waals surface area contributed by atoms with Gasteiger partial charge in [-0.3, -0.25) is 4.99 Å². The van der Waals surface area contributed by atoms with Crippen molar-refractivity contribution in [2.75, 3.05) is 33.3 Å². The first-order valence-electron chi connectivity index (χ1n) is 11.5. The molecule has 1 saturated heterocycles. The Morgan fingerprint density at radius 3 is 2.55 bits per heavy atom. The van der Waals surface area contributed by atoms with Crippen LogP contribution in [0.1, 0.15) is 64.9 Å². The number of hydrogen-bond acceptors (Lipinski definition) is 3. The minimum Gasteiger partial charge on any atom is -0.497 e. The molecular weight excluding hydrogens is 360 g/mol. The standard InChI is InChI=1S/C24H40N4O/c1-5-25-23(26-18-24(2,3)19-9-8-12-22(17-19)29-4)27-20-13-15-28(16-14-20)21-10-6-7-11-21/h8-9,12,17,20-21H,5-7,10-11,13-16,18H2,1-4H3,(H2,25,26,27). The smallest absolute Gasteiger partial charge is 0.191 e. The Kier molecular flexibility index (Phi) is 7.82. The zero-order valence-corrected chi connectivity index (χ0v) is 18.8. The lowest BCUT2D eigenvalue weighted by Gasteiger charge is -2.36. The molecule has 0 amide bonds. The van der Waals surface area contributed by atoms with Gasteiger partial charge in [0.2, 0.25) is 0 Å². The quantitative estimate of drug-likeness (QED) is 0.538. The normalized spacial score (nSPS) is 20.1. The number of piperidine rings is 1. The van der Waals surface area contributed by atoms with Gasteiger partial charge in [0.15, 0.2) is 5.96 Å². The van der Waals surface area contributed by atoms with E-state index in [2.05, 4.69) is 54.5 Å². The molecule has 5 heteroatoms. The van der Waals surface area contributed by atoms with Gasteiger partial charge >= 0.3 is 0 Å². The van der Waals surface area contributed by atoms with Crippen LogP contribution in [0.25, 0.3) is 0 Å². The number of rotatable bonds is 7. The van der Waals surface area contributed by atoms with Gasteiger partial charge in [-0.15, -0.1) is 0 Å². The van der Waals surface area contributed by atoms with E-state index in [1.807, 2.05) is 6.07 Å². The number of hydrogen-bond donors (Lipinski definition) is 2. The molecule has 1 aliphatic heterocycles. The van der Waals surface area contributed by atoms with Gasteiger partial charge in [-0.1, -0.05) is 38.8 Å². The minimum atomic E-state index is -0.0528. The first kappa shape index (κ1) is 21.9. The van der Waals surface area contributed by atoms with Crippen LogP contribution in [0.3, 0.4) is 0 Å². The number of benzene rings is 1. The molecule has 1 saturated carbocycles. The number of likely N-dealkylation sites (tertiary alicyclic amines) is 1. The van der Waals surface area contributed by atoms with Crippen LogP contribution >= 0.6 is 0 Å². The SMILES string of the molecule is CCNC(=NCC(C)(C)c1cccc(OC)c1)NC1CCN(C2CCCC2)CC1. The fourth-order valence-corrected chi connectivity index (χ4v) is 4.60. The van der Waals surface area contributed by atoms with Gasteiger partial charge in [0.1, 0.15) is 5.75 Å². The van der Waals surface area contributed by atoms with Crippen molar-refractivity contribution in [2.24, 2.45) is 4.99 Å². The molecule has 162 valence electrons. The van der Waals surface area contributed by atoms with Gasteiger partial charge in [0, 0.05) is 37.1 Å². The zero-order chi connectivity index (χ0) is 20.7. The van der Waals surface area contributed by atoms with Crippen LogP contribution in [0.15, 0.2) is 29.3 Å². The van der Waals surface area contributed by atoms with Crippen molar-refractivity contribution in [3.05, 3.63) is 29.8 Å². The molecule has 2 aliphatic rings. The van der Waals surface area contributed by atoms with Crippen molar-refractivity contribution >= 4 is 5.96 Å². The van der Waals surface area contributed by atoms with E-state index in [4.69, 9.17) is 9.73 Å². The molecule has 0 radical (unpaired) electrons. The summed E-state index contributed by atoms with van der Waals surface area (Å²) in [6, 6.07) is 9.70. The number of methoxy groups -OCH3 is 1. The van der Waals surface area contributed by atoms with Crippen molar-refractivity contribution in [3.8, 4) is 5.75 Å². The summed E-state index contributed by atoms with van der Waals surface area (Å²) in [5.74, 6) is 1.85. The Morgan fingerprint density at radius 2 is 1.90 bits per heavy atom. The van der Waals surface area contributed by atoms with Crippen LogP contribution in [-0.4, -0.2) is 56.2 Å². The highest BCUT2D eigenvalue weighted by atomic mass is 16.5. The summed E-state index contributed by atoms with van der Waals surface area (Å²) >= 11 is 0. The highest BCUT2D eigenvalue weighted by Gasteiger charge is 2.27. The van der Waals surface area contributed by atoms with Crippen LogP contribution < -0.4 is 15.4 Å². The second kappa shape index (κ2) is 10.3. The lowest BCUT2D eigenvalue weighted by atomic mass is 9.84. The maximum Gasteiger partial charge on any atom is 0.191 e. The largest absolute Gasteiger partial charge is 0.497 e. The fourth-order valence-electron chi connectivity index (χ4n) is 4.60. The third kappa shape index (κ3) is 6.11. The third-order valence-electron chi connectivity index (χ3n) is 6.54. The molecule has 0 atom stereocenters. The molecule has 2 fully saturated rings. The first-order valence-corrected chi connectivity index (χ1v) is 11.5. The van der Waals surface area contributed by atoms with Crippen molar-refractivity contribution in [1.82, 2.24) is 15.5 Å². The highest BCUT2D eigenvalue weighted by molar-refractivity contribution is 5.80. The van der Waals surface area contributed by atoms with Gasteiger partial charge in [-0.25, -0.2) is 0 Å². The van der Waals surface area contributed by atoms with Crippen LogP contribution in [0.4, 0.5) is 0 Å². The van der Waals surface area contributed by atoms with Crippen molar-refractivity contribution in [3.63, 3.8) is 0 Å². The van der Waals surface area contributed by atoms with Gasteiger partial charge in [0.05, 0.1) is 13.7 Å². The molecule has 1 aromatic carbocycles. The van der Waals surface area contributed by atoms with E-state index in [0.717, 1.165) is 30.8 Å². The number of nitrogens with one attached hydrogen (secondary N) is 2. The first-order chi connectivity index (χ1) is 14.0. The molecule has 5 nitrogen and oxygen atoms in total. The van der Waals surface area contributed by atoms with Crippen molar-refractivity contribution in [1.29, 1.82) is 0 Å². The second-order valence-corrected chi connectivity index (χ2v) is 9.20. The van der Waals surface area contributed by atoms with E-state index in [-0.39, 0.29) is 5.41 Å². The molecule has 0 unspecified atom stereocenters. The van der Waals surface area contributed by atoms with Gasteiger partial charge in [0.25, 0.3) is 0 Å². The topological polar surface area (TPSA) is 48.9 Å². The predicted octanol–water partition coefficient (Wildman–Crippen LogP) is 3.93. The van der Waals surface area contributed by atoms with Gasteiger partial charge < -0.3 is 20.3 Å². The number of ether oxygens (including phenoxy) is 1. The van der Waals surface area contributed by atoms with Crippen LogP contribution in [0, 0.1) is 0 Å². The van der Waals surface area contributed by atoms with Crippen LogP contribution in [-0.2, 0) is 5.41 Å². The monoisotopic (exact) mass is 400 g/mol. The molecule has 3 rings (SSSR count). The van der Waals surface area contributed by atoms with E-state index in [1.165, 1.54) is 57.2 Å². The average Bonchev–Trinajstić information content (AvgIpc) is 3.28. The molecule has 1 heterocycles. The Balaban J connectivity index is 1.56. The Bertz CT molecular complexity index is 659. The molecule has 0 bridgehead atoms. The Labute approximate surface area is 177 Å². The molecule has 2 N–H and O–H groups in total. The number of guanidine groups is 1. The van der Waals surface area contributed by atoms with E-state index in [0.29, 0.717) is 6.04 Å². The maximum absolute atomic E-state index is 5.40. The van der Waals surface area contributed by atoms with E-state index >= 15 is 0 Å². The summed E-state index contributed by atoms with van der Waals surface area (Å²) in [5, 5.41) is 7.15. The highest BCUT2D eigenvalue weighted by Crippen LogP contribution is 2.27. The molecular formula is C24H40N4O. The fraction of sp³-hybridized carbons (Fsp3) is 0.708. The molecule has 0 spiro atoms. The van der Waals surface area contributed by atoms with E-state index in [9.17, 15) is 0 Å². The lowest BCUT2D eigenvalue weighted by molar-refractivity contribution is 0.150. The Morgan fingerprint density at radius 1 is 1.17 bits per heavy atom. The molecule has 1 aromatic rings. The summed E-state index contributed by atoms with van der Waals surface area (Å²) < 4.78 is 5.40. The van der Waals surface area contributed by atoms with Crippen LogP contribution in [0.5, 0.6) is 5.75 Å². The molecule has 29 heavy (non-hydrogen) atoms. The maximum atomic E-state index is 5.40. The van der Waals surface area contributed by atoms with E-state index in [1.54, 1.807) is 7.11 Å². The summed E-state index contributed by atoms with van der Waals surface area (Å²) in [6.45, 7) is 10.7. The van der Waals surface area contributed by atoms with E-state index < -0.39 is 0 Å². The molecule has 0 aromatic heterocycles. The summed E-state index contributed by atoms with van der Waals surface area (Å²) in [6.07, 6.45) is 8.07. The lowest BCUT2D eigenvalue weighted by Crippen LogP contribution is -2.50. The van der Waals surface area contributed by atoms with Gasteiger partial charge in [-0.2, -0.15) is 0 Å². The van der Waals surface area contributed by atoms with Crippen molar-refractivity contribution in [2.45, 2.75) is 76.8 Å². The number of aliphatic imine (C=N–C) groups is 1. The summed E-state index contributed by atoms with van der Waals surface area (Å²) in [5.41, 5.74) is 1.20. The summed E-state index contributed by atoms with van der Waals surface area (Å²) in [4.78, 5) is 7.67. The Hall–Kier alpha value is -1.75. The van der Waals surface area contributed by atoms with Gasteiger partial charge in [-0.05, 0) is 50.3 Å². The number of nitrogens with zero attached hydrogens (tertiary/aromatic N) is 2. The van der Waals surface area contributed by atoms with Crippen molar-refractivity contribution < 1.29 is 4.74 Å².